The molecule has 0 unspecified atom stereocenters. The van der Waals surface area contributed by atoms with Gasteiger partial charge in [-0.15, -0.1) is 0 Å². The zero-order valence-electron chi connectivity index (χ0n) is 15.6. The van der Waals surface area contributed by atoms with Crippen LogP contribution in [0.1, 0.15) is 43.0 Å². The maximum Gasteiger partial charge on any atom is 0.269 e. The lowest BCUT2D eigenvalue weighted by molar-refractivity contribution is -0.384. The number of likely N-dealkylation sites (tertiary alicyclic amines) is 1. The van der Waals surface area contributed by atoms with Crippen molar-refractivity contribution in [2.24, 2.45) is 0 Å². The van der Waals surface area contributed by atoms with Crippen LogP contribution in [0.5, 0.6) is 0 Å². The molecule has 1 saturated carbocycles. The molecule has 0 radical (unpaired) electrons. The zero-order valence-corrected chi connectivity index (χ0v) is 15.6. The highest BCUT2D eigenvalue weighted by Crippen LogP contribution is 2.38. The third kappa shape index (κ3) is 4.24. The topological polar surface area (TPSA) is 75.4 Å². The van der Waals surface area contributed by atoms with Gasteiger partial charge in [0.15, 0.2) is 0 Å². The van der Waals surface area contributed by atoms with Crippen molar-refractivity contribution in [1.82, 2.24) is 14.9 Å². The van der Waals surface area contributed by atoms with Gasteiger partial charge in [-0.3, -0.25) is 15.0 Å². The third-order valence-corrected chi connectivity index (χ3v) is 5.62. The summed E-state index contributed by atoms with van der Waals surface area (Å²) in [6.07, 6.45) is 6.50. The van der Waals surface area contributed by atoms with Crippen molar-refractivity contribution in [2.75, 3.05) is 25.0 Å². The first-order valence-electron chi connectivity index (χ1n) is 9.61. The minimum absolute atomic E-state index is 0.148. The molecule has 1 aromatic heterocycles. The first-order chi connectivity index (χ1) is 13.1. The van der Waals surface area contributed by atoms with Crippen LogP contribution in [0.4, 0.5) is 11.5 Å². The van der Waals surface area contributed by atoms with E-state index in [9.17, 15) is 10.1 Å². The summed E-state index contributed by atoms with van der Waals surface area (Å²) in [5.41, 5.74) is 1.27. The fraction of sp³-hybridized carbons (Fsp3) is 0.500. The Labute approximate surface area is 159 Å². The zero-order chi connectivity index (χ0) is 18.8. The summed E-state index contributed by atoms with van der Waals surface area (Å²) < 4.78 is 0. The van der Waals surface area contributed by atoms with Gasteiger partial charge in [-0.1, -0.05) is 12.1 Å². The molecule has 4 rings (SSSR count). The largest absolute Gasteiger partial charge is 0.356 e. The number of nitrogens with zero attached hydrogens (tertiary/aromatic N) is 5. The molecule has 2 fully saturated rings. The molecule has 1 aromatic carbocycles. The second kappa shape index (κ2) is 7.60. The number of hydrogen-bond acceptors (Lipinski definition) is 6. The van der Waals surface area contributed by atoms with Gasteiger partial charge in [0.2, 0.25) is 0 Å². The van der Waals surface area contributed by atoms with Gasteiger partial charge < -0.3 is 4.90 Å². The maximum absolute atomic E-state index is 10.8. The van der Waals surface area contributed by atoms with E-state index in [1.54, 1.807) is 12.1 Å². The Morgan fingerprint density at radius 1 is 1.15 bits per heavy atom. The second-order valence-corrected chi connectivity index (χ2v) is 7.59. The van der Waals surface area contributed by atoms with Crippen LogP contribution in [0.2, 0.25) is 0 Å². The quantitative estimate of drug-likeness (QED) is 0.576. The van der Waals surface area contributed by atoms with Crippen LogP contribution in [-0.4, -0.2) is 46.0 Å². The SMILES string of the molecule is CN(c1ccnc(C2CC2)n1)C1CCN(Cc2ccc([N+](=O)[O-])cc2)CC1. The highest BCUT2D eigenvalue weighted by molar-refractivity contribution is 5.38. The molecule has 1 aliphatic heterocycles. The minimum atomic E-state index is -0.354. The number of nitro groups is 1. The van der Waals surface area contributed by atoms with E-state index >= 15 is 0 Å². The van der Waals surface area contributed by atoms with Gasteiger partial charge >= 0.3 is 0 Å². The predicted molar refractivity (Wildman–Crippen MR) is 104 cm³/mol. The van der Waals surface area contributed by atoms with E-state index in [4.69, 9.17) is 4.98 Å². The molecule has 2 heterocycles. The van der Waals surface area contributed by atoms with Gasteiger partial charge in [-0.25, -0.2) is 9.97 Å². The molecule has 1 aliphatic carbocycles. The van der Waals surface area contributed by atoms with Crippen LogP contribution in [0.15, 0.2) is 36.5 Å². The fourth-order valence-electron chi connectivity index (χ4n) is 3.73. The maximum atomic E-state index is 10.8. The Balaban J connectivity index is 1.31. The van der Waals surface area contributed by atoms with Crippen molar-refractivity contribution < 1.29 is 4.92 Å². The van der Waals surface area contributed by atoms with E-state index in [0.717, 1.165) is 49.7 Å². The molecular weight excluding hydrogens is 342 g/mol. The van der Waals surface area contributed by atoms with Crippen molar-refractivity contribution in [3.63, 3.8) is 0 Å². The van der Waals surface area contributed by atoms with Crippen molar-refractivity contribution in [1.29, 1.82) is 0 Å². The summed E-state index contributed by atoms with van der Waals surface area (Å²) in [5.74, 6) is 2.59. The van der Waals surface area contributed by atoms with Crippen molar-refractivity contribution in [2.45, 2.75) is 44.2 Å². The van der Waals surface area contributed by atoms with Crippen LogP contribution < -0.4 is 4.90 Å². The third-order valence-electron chi connectivity index (χ3n) is 5.62. The van der Waals surface area contributed by atoms with E-state index in [0.29, 0.717) is 12.0 Å². The highest BCUT2D eigenvalue weighted by Gasteiger charge is 2.28. The molecule has 1 saturated heterocycles. The number of hydrogen-bond donors (Lipinski definition) is 0. The van der Waals surface area contributed by atoms with Crippen LogP contribution in [0.25, 0.3) is 0 Å². The Morgan fingerprint density at radius 3 is 2.48 bits per heavy atom. The molecule has 2 aromatic rings. The lowest BCUT2D eigenvalue weighted by Gasteiger charge is -2.37. The highest BCUT2D eigenvalue weighted by atomic mass is 16.6. The number of rotatable bonds is 6. The Hall–Kier alpha value is -2.54. The number of aromatic nitrogens is 2. The van der Waals surface area contributed by atoms with Crippen LogP contribution >= 0.6 is 0 Å². The summed E-state index contributed by atoms with van der Waals surface area (Å²) in [6, 6.07) is 9.38. The summed E-state index contributed by atoms with van der Waals surface area (Å²) in [6.45, 7) is 2.88. The molecule has 0 spiro atoms. The number of benzene rings is 1. The number of anilines is 1. The molecule has 0 N–H and O–H groups in total. The molecule has 0 amide bonds. The summed E-state index contributed by atoms with van der Waals surface area (Å²) in [7, 11) is 2.13. The first kappa shape index (κ1) is 17.9. The predicted octanol–water partition coefficient (Wildman–Crippen LogP) is 3.36. The lowest BCUT2D eigenvalue weighted by atomic mass is 10.0. The van der Waals surface area contributed by atoms with Crippen LogP contribution in [0, 0.1) is 10.1 Å². The molecule has 0 bridgehead atoms. The summed E-state index contributed by atoms with van der Waals surface area (Å²) in [4.78, 5) is 24.3. The van der Waals surface area contributed by atoms with Gasteiger partial charge in [0.1, 0.15) is 11.6 Å². The van der Waals surface area contributed by atoms with E-state index in [2.05, 4.69) is 21.8 Å². The summed E-state index contributed by atoms with van der Waals surface area (Å²) in [5, 5.41) is 10.8. The molecule has 2 aliphatic rings. The van der Waals surface area contributed by atoms with Crippen molar-refractivity contribution >= 4 is 11.5 Å². The number of nitro benzene ring substituents is 1. The van der Waals surface area contributed by atoms with Gasteiger partial charge in [-0.05, 0) is 37.3 Å². The lowest BCUT2D eigenvalue weighted by Crippen LogP contribution is -2.43. The Kier molecular flexibility index (Phi) is 5.03. The van der Waals surface area contributed by atoms with Crippen LogP contribution in [0.3, 0.4) is 0 Å². The molecule has 0 atom stereocenters. The molecular formula is C20H25N5O2. The fourth-order valence-corrected chi connectivity index (χ4v) is 3.73. The molecule has 7 nitrogen and oxygen atoms in total. The van der Waals surface area contributed by atoms with E-state index in [-0.39, 0.29) is 10.6 Å². The van der Waals surface area contributed by atoms with Gasteiger partial charge in [0, 0.05) is 57.0 Å². The average Bonchev–Trinajstić information content (AvgIpc) is 3.54. The van der Waals surface area contributed by atoms with Crippen LogP contribution in [-0.2, 0) is 6.54 Å². The smallest absolute Gasteiger partial charge is 0.269 e. The summed E-state index contributed by atoms with van der Waals surface area (Å²) >= 11 is 0. The van der Waals surface area contributed by atoms with E-state index in [1.807, 2.05) is 24.4 Å². The molecule has 27 heavy (non-hydrogen) atoms. The monoisotopic (exact) mass is 367 g/mol. The standard InChI is InChI=1S/C20H25N5O2/c1-23(19-8-11-21-20(22-19)16-4-5-16)17-9-12-24(13-10-17)14-15-2-6-18(7-3-15)25(26)27/h2-3,6-8,11,16-17H,4-5,9-10,12-14H2,1H3. The van der Waals surface area contributed by atoms with E-state index < -0.39 is 0 Å². The van der Waals surface area contributed by atoms with E-state index in [1.165, 1.54) is 12.8 Å². The van der Waals surface area contributed by atoms with Gasteiger partial charge in [0.25, 0.3) is 5.69 Å². The van der Waals surface area contributed by atoms with Gasteiger partial charge in [-0.2, -0.15) is 0 Å². The normalized spacial score (nSPS) is 18.4. The Bertz CT molecular complexity index is 798. The second-order valence-electron chi connectivity index (χ2n) is 7.59. The van der Waals surface area contributed by atoms with Crippen molar-refractivity contribution in [3.05, 3.63) is 58.0 Å². The minimum Gasteiger partial charge on any atom is -0.356 e. The number of non-ortho nitro benzene ring substituents is 1. The van der Waals surface area contributed by atoms with Crippen molar-refractivity contribution in [3.8, 4) is 0 Å². The Morgan fingerprint density at radius 2 is 1.85 bits per heavy atom. The average molecular weight is 367 g/mol. The van der Waals surface area contributed by atoms with Gasteiger partial charge in [0.05, 0.1) is 4.92 Å². The number of piperidine rings is 1. The molecule has 142 valence electrons. The first-order valence-corrected chi connectivity index (χ1v) is 9.61. The molecule has 7 heteroatoms.